The Labute approximate surface area is 207 Å². The number of phenolic OH excluding ortho intramolecular Hbond substituents is 2. The molecule has 0 amide bonds. The third-order valence-corrected chi connectivity index (χ3v) is 8.64. The second-order valence-electron chi connectivity index (χ2n) is 12.1. The quantitative estimate of drug-likeness (QED) is 0.430. The third-order valence-electron chi connectivity index (χ3n) is 8.64. The fourth-order valence-corrected chi connectivity index (χ4v) is 6.53. The average molecular weight is 463 g/mol. The molecule has 186 valence electrons. The van der Waals surface area contributed by atoms with Crippen molar-refractivity contribution in [1.82, 2.24) is 0 Å². The molecule has 0 heterocycles. The number of hydrogen-bond acceptors (Lipinski definition) is 2. The average Bonchev–Trinajstić information content (AvgIpc) is 3.50. The van der Waals surface area contributed by atoms with E-state index in [1.54, 1.807) is 0 Å². The topological polar surface area (TPSA) is 40.5 Å². The Kier molecular flexibility index (Phi) is 7.65. The minimum absolute atomic E-state index is 0.0299. The van der Waals surface area contributed by atoms with Gasteiger partial charge in [0.15, 0.2) is 0 Å². The van der Waals surface area contributed by atoms with Crippen LogP contribution in [-0.2, 0) is 0 Å². The highest BCUT2D eigenvalue weighted by atomic mass is 16.3. The summed E-state index contributed by atoms with van der Waals surface area (Å²) in [6.07, 6.45) is 9.67. The van der Waals surface area contributed by atoms with Crippen LogP contribution < -0.4 is 0 Å². The summed E-state index contributed by atoms with van der Waals surface area (Å²) in [5.74, 6) is 2.89. The monoisotopic (exact) mass is 462 g/mol. The summed E-state index contributed by atoms with van der Waals surface area (Å²) < 4.78 is 0. The molecule has 2 nitrogen and oxygen atoms in total. The molecule has 0 spiro atoms. The lowest BCUT2D eigenvalue weighted by atomic mass is 9.76. The van der Waals surface area contributed by atoms with E-state index in [1.165, 1.54) is 62.5 Å². The van der Waals surface area contributed by atoms with Gasteiger partial charge in [-0.05, 0) is 77.5 Å². The lowest BCUT2D eigenvalue weighted by Crippen LogP contribution is -2.13. The summed E-state index contributed by atoms with van der Waals surface area (Å²) in [4.78, 5) is 0. The van der Waals surface area contributed by atoms with Crippen molar-refractivity contribution < 1.29 is 10.2 Å². The van der Waals surface area contributed by atoms with Gasteiger partial charge in [0.25, 0.3) is 0 Å². The van der Waals surface area contributed by atoms with Gasteiger partial charge < -0.3 is 10.2 Å². The molecule has 2 fully saturated rings. The highest BCUT2D eigenvalue weighted by molar-refractivity contribution is 5.56. The summed E-state index contributed by atoms with van der Waals surface area (Å²) in [6.45, 7) is 13.4. The lowest BCUT2D eigenvalue weighted by Gasteiger charge is -2.29. The van der Waals surface area contributed by atoms with Gasteiger partial charge in [0.1, 0.15) is 11.5 Å². The number of benzene rings is 2. The van der Waals surface area contributed by atoms with E-state index in [1.807, 2.05) is 0 Å². The first kappa shape index (κ1) is 25.1. The molecule has 2 saturated carbocycles. The van der Waals surface area contributed by atoms with Crippen molar-refractivity contribution >= 4 is 0 Å². The van der Waals surface area contributed by atoms with Crippen molar-refractivity contribution in [3.05, 3.63) is 57.6 Å². The van der Waals surface area contributed by atoms with Crippen molar-refractivity contribution in [2.24, 2.45) is 5.92 Å². The molecular formula is C32H46O2. The largest absolute Gasteiger partial charge is 0.507 e. The maximum absolute atomic E-state index is 11.7. The molecule has 0 bridgehead atoms. The molecule has 0 radical (unpaired) electrons. The summed E-state index contributed by atoms with van der Waals surface area (Å²) >= 11 is 0. The maximum Gasteiger partial charge on any atom is 0.122 e. The number of aromatic hydroxyl groups is 2. The summed E-state index contributed by atoms with van der Waals surface area (Å²) in [5, 5.41) is 23.4. The highest BCUT2D eigenvalue weighted by Gasteiger charge is 2.32. The maximum atomic E-state index is 11.7. The van der Waals surface area contributed by atoms with Gasteiger partial charge in [-0.2, -0.15) is 0 Å². The Hall–Kier alpha value is -1.96. The fraction of sp³-hybridized carbons (Fsp3) is 0.625. The van der Waals surface area contributed by atoms with Gasteiger partial charge in [-0.1, -0.05) is 91.5 Å². The van der Waals surface area contributed by atoms with Crippen LogP contribution in [0.25, 0.3) is 0 Å². The van der Waals surface area contributed by atoms with Crippen LogP contribution >= 0.6 is 0 Å². The van der Waals surface area contributed by atoms with Crippen LogP contribution in [0.3, 0.4) is 0 Å². The molecule has 34 heavy (non-hydrogen) atoms. The minimum Gasteiger partial charge on any atom is -0.507 e. The molecule has 0 saturated heterocycles. The Morgan fingerprint density at radius 2 is 0.941 bits per heavy atom. The van der Waals surface area contributed by atoms with E-state index >= 15 is 0 Å². The van der Waals surface area contributed by atoms with Crippen LogP contribution in [0.4, 0.5) is 0 Å². The van der Waals surface area contributed by atoms with Crippen LogP contribution in [0.5, 0.6) is 11.5 Å². The zero-order valence-corrected chi connectivity index (χ0v) is 22.3. The van der Waals surface area contributed by atoms with Gasteiger partial charge in [0.2, 0.25) is 0 Å². The molecule has 2 aliphatic carbocycles. The molecule has 0 atom stereocenters. The van der Waals surface area contributed by atoms with E-state index in [2.05, 4.69) is 65.8 Å². The Balaban J connectivity index is 1.92. The molecule has 2 N–H and O–H groups in total. The van der Waals surface area contributed by atoms with E-state index in [4.69, 9.17) is 0 Å². The van der Waals surface area contributed by atoms with Gasteiger partial charge in [-0.15, -0.1) is 0 Å². The molecule has 2 aromatic carbocycles. The first-order chi connectivity index (χ1) is 16.2. The first-order valence-corrected chi connectivity index (χ1v) is 13.9. The van der Waals surface area contributed by atoms with Crippen molar-refractivity contribution in [3.8, 4) is 11.5 Å². The van der Waals surface area contributed by atoms with E-state index in [0.717, 1.165) is 22.3 Å². The predicted octanol–water partition coefficient (Wildman–Crippen LogP) is 9.45. The van der Waals surface area contributed by atoms with Crippen molar-refractivity contribution in [2.75, 3.05) is 0 Å². The summed E-state index contributed by atoms with van der Waals surface area (Å²) in [5.41, 5.74) is 6.90. The van der Waals surface area contributed by atoms with Crippen LogP contribution in [0.15, 0.2) is 24.3 Å². The molecule has 0 unspecified atom stereocenters. The molecule has 0 aliphatic heterocycles. The molecular weight excluding hydrogens is 416 g/mol. The Bertz CT molecular complexity index is 911. The smallest absolute Gasteiger partial charge is 0.122 e. The van der Waals surface area contributed by atoms with Gasteiger partial charge in [-0.25, -0.2) is 0 Å². The highest BCUT2D eigenvalue weighted by Crippen LogP contribution is 2.50. The van der Waals surface area contributed by atoms with Crippen LogP contribution in [-0.4, -0.2) is 10.2 Å². The molecule has 2 heteroatoms. The van der Waals surface area contributed by atoms with Gasteiger partial charge in [0.05, 0.1) is 0 Å². The van der Waals surface area contributed by atoms with E-state index in [-0.39, 0.29) is 11.8 Å². The van der Waals surface area contributed by atoms with E-state index in [9.17, 15) is 10.2 Å². The fourth-order valence-electron chi connectivity index (χ4n) is 6.53. The van der Waals surface area contributed by atoms with Crippen LogP contribution in [0, 0.1) is 5.92 Å². The zero-order valence-electron chi connectivity index (χ0n) is 22.3. The van der Waals surface area contributed by atoms with Crippen molar-refractivity contribution in [2.45, 2.75) is 122 Å². The lowest BCUT2D eigenvalue weighted by molar-refractivity contribution is 0.423. The number of hydrogen-bond donors (Lipinski definition) is 2. The van der Waals surface area contributed by atoms with Gasteiger partial charge in [0, 0.05) is 17.0 Å². The zero-order chi connectivity index (χ0) is 24.6. The molecule has 2 aliphatic rings. The third kappa shape index (κ3) is 4.88. The Morgan fingerprint density at radius 3 is 1.24 bits per heavy atom. The van der Waals surface area contributed by atoms with Gasteiger partial charge in [-0.3, -0.25) is 0 Å². The van der Waals surface area contributed by atoms with Gasteiger partial charge >= 0.3 is 0 Å². The molecule has 2 aromatic rings. The van der Waals surface area contributed by atoms with Crippen LogP contribution in [0.1, 0.15) is 156 Å². The first-order valence-electron chi connectivity index (χ1n) is 13.9. The van der Waals surface area contributed by atoms with E-state index < -0.39 is 0 Å². The second kappa shape index (κ2) is 10.3. The van der Waals surface area contributed by atoms with Crippen LogP contribution in [0.2, 0.25) is 0 Å². The normalized spacial score (nSPS) is 17.8. The Morgan fingerprint density at radius 1 is 0.588 bits per heavy atom. The number of phenols is 2. The SMILES string of the molecule is CC(C)c1cc(C2CCCC2)c(O)c(C(c2cc(C(C)C)cc(C3CCCC3)c2O)C(C)C)c1. The van der Waals surface area contributed by atoms with E-state index in [0.29, 0.717) is 35.2 Å². The standard InChI is InChI=1S/C32H46O2/c1-19(2)24-15-26(22-11-7-8-12-22)31(33)28(17-24)30(21(5)6)29-18-25(20(3)4)16-27(32(29)34)23-13-9-10-14-23/h15-23,30,33-34H,7-14H2,1-6H3. The minimum atomic E-state index is -0.0299. The van der Waals surface area contributed by atoms with Crippen molar-refractivity contribution in [3.63, 3.8) is 0 Å². The molecule has 0 aromatic heterocycles. The summed E-state index contributed by atoms with van der Waals surface area (Å²) in [7, 11) is 0. The van der Waals surface area contributed by atoms with Crippen molar-refractivity contribution in [1.29, 1.82) is 0 Å². The molecule has 4 rings (SSSR count). The second-order valence-corrected chi connectivity index (χ2v) is 12.1. The summed E-state index contributed by atoms with van der Waals surface area (Å²) in [6, 6.07) is 9.01. The number of rotatable bonds is 7. The predicted molar refractivity (Wildman–Crippen MR) is 143 cm³/mol.